The molecule has 1 aliphatic rings. The molecule has 0 saturated carbocycles. The molecular weight excluding hydrogens is 378 g/mol. The SMILES string of the molecule is COc1ccc(NC2=C(C(C)=O)[C@H](c3ccc(C)cc3)[C@@H](C(C)=O)[C@](C)(O)C2)cc1. The van der Waals surface area contributed by atoms with Crippen LogP contribution in [0.5, 0.6) is 5.75 Å². The van der Waals surface area contributed by atoms with E-state index in [9.17, 15) is 14.7 Å². The van der Waals surface area contributed by atoms with Gasteiger partial charge >= 0.3 is 0 Å². The van der Waals surface area contributed by atoms with Crippen molar-refractivity contribution in [2.45, 2.75) is 45.6 Å². The zero-order valence-corrected chi connectivity index (χ0v) is 18.2. The molecule has 0 aliphatic heterocycles. The summed E-state index contributed by atoms with van der Waals surface area (Å²) in [5.74, 6) is -0.747. The molecule has 3 rings (SSSR count). The number of allylic oxidation sites excluding steroid dienone is 1. The Morgan fingerprint density at radius 2 is 1.67 bits per heavy atom. The zero-order valence-electron chi connectivity index (χ0n) is 18.2. The fraction of sp³-hybridized carbons (Fsp3) is 0.360. The van der Waals surface area contributed by atoms with Crippen molar-refractivity contribution >= 4 is 17.3 Å². The van der Waals surface area contributed by atoms with Crippen molar-refractivity contribution in [1.29, 1.82) is 0 Å². The maximum absolute atomic E-state index is 12.8. The lowest BCUT2D eigenvalue weighted by atomic mass is 9.64. The lowest BCUT2D eigenvalue weighted by Crippen LogP contribution is -2.48. The fourth-order valence-corrected chi connectivity index (χ4v) is 4.47. The molecule has 2 N–H and O–H groups in total. The first-order chi connectivity index (χ1) is 14.1. The number of aryl methyl sites for hydroxylation is 1. The van der Waals surface area contributed by atoms with Crippen molar-refractivity contribution < 1.29 is 19.4 Å². The molecule has 5 nitrogen and oxygen atoms in total. The summed E-state index contributed by atoms with van der Waals surface area (Å²) in [4.78, 5) is 25.5. The molecule has 158 valence electrons. The van der Waals surface area contributed by atoms with Gasteiger partial charge in [-0.1, -0.05) is 29.8 Å². The monoisotopic (exact) mass is 407 g/mol. The molecule has 0 spiro atoms. The number of methoxy groups -OCH3 is 1. The predicted molar refractivity (Wildman–Crippen MR) is 118 cm³/mol. The minimum atomic E-state index is -1.30. The first kappa shape index (κ1) is 21.8. The molecule has 2 aromatic carbocycles. The lowest BCUT2D eigenvalue weighted by molar-refractivity contribution is -0.131. The van der Waals surface area contributed by atoms with Crippen molar-refractivity contribution in [3.05, 3.63) is 70.9 Å². The number of aliphatic hydroxyl groups is 1. The van der Waals surface area contributed by atoms with Crippen LogP contribution in [-0.2, 0) is 9.59 Å². The lowest BCUT2D eigenvalue weighted by Gasteiger charge is -2.43. The summed E-state index contributed by atoms with van der Waals surface area (Å²) in [5.41, 5.74) is 2.60. The number of Topliss-reactive ketones (excluding diaryl/α,β-unsaturated/α-hetero) is 2. The minimum Gasteiger partial charge on any atom is -0.497 e. The van der Waals surface area contributed by atoms with Gasteiger partial charge in [-0.3, -0.25) is 9.59 Å². The molecule has 0 bridgehead atoms. The van der Waals surface area contributed by atoms with E-state index >= 15 is 0 Å². The van der Waals surface area contributed by atoms with E-state index in [2.05, 4.69) is 5.32 Å². The summed E-state index contributed by atoms with van der Waals surface area (Å²) in [6, 6.07) is 15.2. The van der Waals surface area contributed by atoms with E-state index in [0.717, 1.165) is 22.6 Å². The molecule has 3 atom stereocenters. The van der Waals surface area contributed by atoms with E-state index in [1.165, 1.54) is 13.8 Å². The number of carbonyl (C=O) groups is 2. The van der Waals surface area contributed by atoms with Crippen LogP contribution in [0.1, 0.15) is 44.2 Å². The van der Waals surface area contributed by atoms with Gasteiger partial charge in [-0.2, -0.15) is 0 Å². The normalized spacial score (nSPS) is 23.8. The van der Waals surface area contributed by atoms with Crippen molar-refractivity contribution in [3.8, 4) is 5.75 Å². The van der Waals surface area contributed by atoms with Crippen LogP contribution in [0.4, 0.5) is 5.69 Å². The quantitative estimate of drug-likeness (QED) is 0.742. The average molecular weight is 408 g/mol. The third-order valence-corrected chi connectivity index (χ3v) is 5.81. The number of benzene rings is 2. The van der Waals surface area contributed by atoms with Crippen molar-refractivity contribution in [3.63, 3.8) is 0 Å². The molecule has 0 heterocycles. The molecule has 0 aromatic heterocycles. The Bertz CT molecular complexity index is 971. The topological polar surface area (TPSA) is 75.6 Å². The second-order valence-corrected chi connectivity index (χ2v) is 8.31. The standard InChI is InChI=1S/C25H29NO4/c1-15-6-8-18(9-7-15)23-22(16(2)27)21(14-25(4,29)24(23)17(3)28)26-19-10-12-20(30-5)13-11-19/h6-13,23-24,26,29H,14H2,1-5H3/t23-,24+,25+/m0/s1. The Hall–Kier alpha value is -2.92. The summed E-state index contributed by atoms with van der Waals surface area (Å²) in [6.07, 6.45) is 0.181. The van der Waals surface area contributed by atoms with Crippen LogP contribution in [0.3, 0.4) is 0 Å². The van der Waals surface area contributed by atoms with Crippen LogP contribution in [0.15, 0.2) is 59.8 Å². The van der Waals surface area contributed by atoms with E-state index in [1.54, 1.807) is 14.0 Å². The highest BCUT2D eigenvalue weighted by Crippen LogP contribution is 2.47. The van der Waals surface area contributed by atoms with Crippen LogP contribution in [0.2, 0.25) is 0 Å². The Labute approximate surface area is 177 Å². The fourth-order valence-electron chi connectivity index (χ4n) is 4.47. The zero-order chi connectivity index (χ0) is 22.1. The van der Waals surface area contributed by atoms with Gasteiger partial charge < -0.3 is 15.2 Å². The summed E-state index contributed by atoms with van der Waals surface area (Å²) in [5, 5.41) is 14.6. The number of hydrogen-bond acceptors (Lipinski definition) is 5. The Balaban J connectivity index is 2.16. The van der Waals surface area contributed by atoms with Gasteiger partial charge in [-0.25, -0.2) is 0 Å². The highest BCUT2D eigenvalue weighted by molar-refractivity contribution is 5.98. The molecule has 0 amide bonds. The highest BCUT2D eigenvalue weighted by atomic mass is 16.5. The second-order valence-electron chi connectivity index (χ2n) is 8.31. The van der Waals surface area contributed by atoms with Gasteiger partial charge in [0.25, 0.3) is 0 Å². The number of nitrogens with one attached hydrogen (secondary N) is 1. The summed E-state index contributed by atoms with van der Waals surface area (Å²) in [7, 11) is 1.60. The molecule has 2 aromatic rings. The van der Waals surface area contributed by atoms with Crippen molar-refractivity contribution in [2.75, 3.05) is 12.4 Å². The first-order valence-electron chi connectivity index (χ1n) is 10.1. The predicted octanol–water partition coefficient (Wildman–Crippen LogP) is 4.40. The van der Waals surface area contributed by atoms with E-state index < -0.39 is 17.4 Å². The maximum Gasteiger partial charge on any atom is 0.158 e. The minimum absolute atomic E-state index is 0.113. The molecule has 0 unspecified atom stereocenters. The average Bonchev–Trinajstić information content (AvgIpc) is 2.67. The first-order valence-corrected chi connectivity index (χ1v) is 10.1. The van der Waals surface area contributed by atoms with Crippen LogP contribution in [-0.4, -0.2) is 29.4 Å². The molecule has 0 saturated heterocycles. The van der Waals surface area contributed by atoms with Crippen molar-refractivity contribution in [1.82, 2.24) is 0 Å². The molecule has 30 heavy (non-hydrogen) atoms. The van der Waals surface area contributed by atoms with E-state index in [4.69, 9.17) is 4.74 Å². The van der Waals surface area contributed by atoms with E-state index in [0.29, 0.717) is 11.3 Å². The summed E-state index contributed by atoms with van der Waals surface area (Å²) < 4.78 is 5.21. The Kier molecular flexibility index (Phi) is 6.13. The number of rotatable bonds is 6. The number of carbonyl (C=O) groups excluding carboxylic acids is 2. The highest BCUT2D eigenvalue weighted by Gasteiger charge is 2.49. The largest absolute Gasteiger partial charge is 0.497 e. The third-order valence-electron chi connectivity index (χ3n) is 5.81. The van der Waals surface area contributed by atoms with Gasteiger partial charge in [0, 0.05) is 29.3 Å². The molecular formula is C25H29NO4. The van der Waals surface area contributed by atoms with Gasteiger partial charge in [0.15, 0.2) is 5.78 Å². The van der Waals surface area contributed by atoms with Gasteiger partial charge in [0.1, 0.15) is 11.5 Å². The third kappa shape index (κ3) is 4.31. The van der Waals surface area contributed by atoms with Crippen LogP contribution in [0.25, 0.3) is 0 Å². The molecule has 0 radical (unpaired) electrons. The Morgan fingerprint density at radius 1 is 1.07 bits per heavy atom. The number of ether oxygens (including phenoxy) is 1. The Morgan fingerprint density at radius 3 is 2.17 bits per heavy atom. The van der Waals surface area contributed by atoms with Gasteiger partial charge in [-0.15, -0.1) is 0 Å². The van der Waals surface area contributed by atoms with Gasteiger partial charge in [0.2, 0.25) is 0 Å². The van der Waals surface area contributed by atoms with Crippen LogP contribution in [0, 0.1) is 12.8 Å². The van der Waals surface area contributed by atoms with Gasteiger partial charge in [0.05, 0.1) is 18.6 Å². The van der Waals surface area contributed by atoms with E-state index in [-0.39, 0.29) is 18.0 Å². The van der Waals surface area contributed by atoms with E-state index in [1.807, 2.05) is 55.5 Å². The number of anilines is 1. The van der Waals surface area contributed by atoms with Gasteiger partial charge in [-0.05, 0) is 57.5 Å². The summed E-state index contributed by atoms with van der Waals surface area (Å²) >= 11 is 0. The number of hydrogen-bond donors (Lipinski definition) is 2. The van der Waals surface area contributed by atoms with Crippen LogP contribution < -0.4 is 10.1 Å². The number of ketones is 2. The van der Waals surface area contributed by atoms with Crippen molar-refractivity contribution in [2.24, 2.45) is 5.92 Å². The molecule has 1 aliphatic carbocycles. The molecule has 5 heteroatoms. The maximum atomic E-state index is 12.8. The summed E-state index contributed by atoms with van der Waals surface area (Å²) in [6.45, 7) is 6.66. The smallest absolute Gasteiger partial charge is 0.158 e. The molecule has 0 fully saturated rings. The second kappa shape index (κ2) is 8.44. The van der Waals surface area contributed by atoms with Crippen LogP contribution >= 0.6 is 0 Å².